The van der Waals surface area contributed by atoms with E-state index in [1.165, 1.54) is 43.4 Å². The molecular formula is C16H22N2. The van der Waals surface area contributed by atoms with Gasteiger partial charge in [-0.25, -0.2) is 4.98 Å². The SMILES string of the molecule is C=CCC1CC1CCc1ccc2c(n1)NCCC2. The summed E-state index contributed by atoms with van der Waals surface area (Å²) in [6.45, 7) is 4.90. The second-order valence-corrected chi connectivity index (χ2v) is 5.66. The van der Waals surface area contributed by atoms with E-state index < -0.39 is 0 Å². The van der Waals surface area contributed by atoms with E-state index >= 15 is 0 Å². The van der Waals surface area contributed by atoms with Crippen molar-refractivity contribution < 1.29 is 0 Å². The Kier molecular flexibility index (Phi) is 3.35. The minimum Gasteiger partial charge on any atom is -0.370 e. The molecule has 96 valence electrons. The Labute approximate surface area is 110 Å². The number of pyridine rings is 1. The fourth-order valence-corrected chi connectivity index (χ4v) is 3.01. The maximum Gasteiger partial charge on any atom is 0.129 e. The number of nitrogens with zero attached hydrogens (tertiary/aromatic N) is 1. The summed E-state index contributed by atoms with van der Waals surface area (Å²) < 4.78 is 0. The molecule has 2 atom stereocenters. The van der Waals surface area contributed by atoms with Crippen LogP contribution in [0.2, 0.25) is 0 Å². The third-order valence-electron chi connectivity index (χ3n) is 4.26. The molecule has 3 rings (SSSR count). The zero-order valence-corrected chi connectivity index (χ0v) is 11.0. The van der Waals surface area contributed by atoms with Crippen LogP contribution in [-0.2, 0) is 12.8 Å². The van der Waals surface area contributed by atoms with E-state index in [9.17, 15) is 0 Å². The number of hydrogen-bond donors (Lipinski definition) is 1. The lowest BCUT2D eigenvalue weighted by atomic mass is 10.0. The summed E-state index contributed by atoms with van der Waals surface area (Å²) in [5.74, 6) is 2.98. The highest BCUT2D eigenvalue weighted by molar-refractivity contribution is 5.47. The Bertz CT molecular complexity index is 439. The van der Waals surface area contributed by atoms with Gasteiger partial charge in [0, 0.05) is 12.2 Å². The summed E-state index contributed by atoms with van der Waals surface area (Å²) in [5, 5.41) is 3.41. The van der Waals surface area contributed by atoms with Crippen LogP contribution in [0, 0.1) is 11.8 Å². The molecule has 0 bridgehead atoms. The van der Waals surface area contributed by atoms with Crippen molar-refractivity contribution in [2.75, 3.05) is 11.9 Å². The molecule has 1 aromatic rings. The van der Waals surface area contributed by atoms with Crippen molar-refractivity contribution in [3.05, 3.63) is 36.0 Å². The molecule has 0 spiro atoms. The van der Waals surface area contributed by atoms with Crippen molar-refractivity contribution >= 4 is 5.82 Å². The molecule has 2 nitrogen and oxygen atoms in total. The first-order chi connectivity index (χ1) is 8.86. The third kappa shape index (κ3) is 2.58. The number of nitrogens with one attached hydrogen (secondary N) is 1. The Balaban J connectivity index is 1.55. The van der Waals surface area contributed by atoms with Gasteiger partial charge < -0.3 is 5.32 Å². The van der Waals surface area contributed by atoms with Crippen molar-refractivity contribution in [3.8, 4) is 0 Å². The second kappa shape index (κ2) is 5.13. The van der Waals surface area contributed by atoms with Gasteiger partial charge in [-0.3, -0.25) is 0 Å². The van der Waals surface area contributed by atoms with Gasteiger partial charge in [-0.1, -0.05) is 12.1 Å². The first-order valence-corrected chi connectivity index (χ1v) is 7.20. The quantitative estimate of drug-likeness (QED) is 0.798. The minimum atomic E-state index is 0.915. The fourth-order valence-electron chi connectivity index (χ4n) is 3.01. The Morgan fingerprint density at radius 3 is 3.22 bits per heavy atom. The van der Waals surface area contributed by atoms with E-state index in [1.807, 2.05) is 0 Å². The second-order valence-electron chi connectivity index (χ2n) is 5.66. The van der Waals surface area contributed by atoms with Gasteiger partial charge >= 0.3 is 0 Å². The van der Waals surface area contributed by atoms with Crippen LogP contribution in [0.3, 0.4) is 0 Å². The highest BCUT2D eigenvalue weighted by Gasteiger charge is 2.34. The van der Waals surface area contributed by atoms with Crippen LogP contribution in [0.5, 0.6) is 0 Å². The van der Waals surface area contributed by atoms with Crippen molar-refractivity contribution in [1.29, 1.82) is 0 Å². The van der Waals surface area contributed by atoms with E-state index in [-0.39, 0.29) is 0 Å². The monoisotopic (exact) mass is 242 g/mol. The van der Waals surface area contributed by atoms with E-state index in [2.05, 4.69) is 30.1 Å². The number of allylic oxidation sites excluding steroid dienone is 1. The molecule has 0 aromatic carbocycles. The summed E-state index contributed by atoms with van der Waals surface area (Å²) in [6, 6.07) is 4.48. The standard InChI is InChI=1S/C16H22N2/c1-2-4-13-11-14(13)7-9-15-8-6-12-5-3-10-17-16(12)18-15/h2,6,8,13-14H,1,3-5,7,9-11H2,(H,17,18). The van der Waals surface area contributed by atoms with Gasteiger partial charge in [0.2, 0.25) is 0 Å². The summed E-state index contributed by atoms with van der Waals surface area (Å²) in [6.07, 6.45) is 9.50. The highest BCUT2D eigenvalue weighted by Crippen LogP contribution is 2.44. The average molecular weight is 242 g/mol. The van der Waals surface area contributed by atoms with Crippen molar-refractivity contribution in [2.24, 2.45) is 11.8 Å². The van der Waals surface area contributed by atoms with Crippen LogP contribution in [0.1, 0.15) is 36.9 Å². The van der Waals surface area contributed by atoms with Gasteiger partial charge in [0.15, 0.2) is 0 Å². The predicted molar refractivity (Wildman–Crippen MR) is 75.8 cm³/mol. The lowest BCUT2D eigenvalue weighted by Crippen LogP contribution is -2.14. The lowest BCUT2D eigenvalue weighted by molar-refractivity contribution is 0.642. The summed E-state index contributed by atoms with van der Waals surface area (Å²) in [7, 11) is 0. The molecule has 1 N–H and O–H groups in total. The summed E-state index contributed by atoms with van der Waals surface area (Å²) in [5.41, 5.74) is 2.65. The number of aryl methyl sites for hydroxylation is 2. The maximum absolute atomic E-state index is 4.75. The molecule has 2 heterocycles. The summed E-state index contributed by atoms with van der Waals surface area (Å²) in [4.78, 5) is 4.75. The smallest absolute Gasteiger partial charge is 0.129 e. The normalized spacial score (nSPS) is 25.1. The van der Waals surface area contributed by atoms with Crippen LogP contribution in [0.4, 0.5) is 5.82 Å². The van der Waals surface area contributed by atoms with E-state index in [0.717, 1.165) is 30.6 Å². The molecule has 1 saturated carbocycles. The first-order valence-electron chi connectivity index (χ1n) is 7.20. The van der Waals surface area contributed by atoms with E-state index in [0.29, 0.717) is 0 Å². The molecule has 0 saturated heterocycles. The van der Waals surface area contributed by atoms with Crippen molar-refractivity contribution in [2.45, 2.75) is 38.5 Å². The van der Waals surface area contributed by atoms with E-state index in [1.54, 1.807) is 0 Å². The predicted octanol–water partition coefficient (Wildman–Crippen LogP) is 3.58. The van der Waals surface area contributed by atoms with Crippen LogP contribution in [0.15, 0.2) is 24.8 Å². The van der Waals surface area contributed by atoms with Gasteiger partial charge in [-0.15, -0.1) is 6.58 Å². The molecule has 1 aliphatic heterocycles. The minimum absolute atomic E-state index is 0.915. The van der Waals surface area contributed by atoms with Crippen LogP contribution >= 0.6 is 0 Å². The fraction of sp³-hybridized carbons (Fsp3) is 0.562. The lowest BCUT2D eigenvalue weighted by Gasteiger charge is -2.17. The Morgan fingerprint density at radius 2 is 2.33 bits per heavy atom. The first kappa shape index (κ1) is 11.8. The van der Waals surface area contributed by atoms with Crippen LogP contribution in [0.25, 0.3) is 0 Å². The van der Waals surface area contributed by atoms with Crippen molar-refractivity contribution in [3.63, 3.8) is 0 Å². The maximum atomic E-state index is 4.75. The molecule has 0 amide bonds. The topological polar surface area (TPSA) is 24.9 Å². The molecule has 18 heavy (non-hydrogen) atoms. The Morgan fingerprint density at radius 1 is 1.39 bits per heavy atom. The zero-order chi connectivity index (χ0) is 12.4. The number of aromatic nitrogens is 1. The van der Waals surface area contributed by atoms with Crippen molar-refractivity contribution in [1.82, 2.24) is 4.98 Å². The highest BCUT2D eigenvalue weighted by atomic mass is 15.0. The molecule has 1 aliphatic carbocycles. The van der Waals surface area contributed by atoms with Gasteiger partial charge in [-0.2, -0.15) is 0 Å². The molecular weight excluding hydrogens is 220 g/mol. The molecule has 2 aliphatic rings. The van der Waals surface area contributed by atoms with Gasteiger partial charge in [-0.05, 0) is 62.0 Å². The number of rotatable bonds is 5. The third-order valence-corrected chi connectivity index (χ3v) is 4.26. The van der Waals surface area contributed by atoms with Crippen LogP contribution < -0.4 is 5.32 Å². The summed E-state index contributed by atoms with van der Waals surface area (Å²) >= 11 is 0. The van der Waals surface area contributed by atoms with Gasteiger partial charge in [0.05, 0.1) is 0 Å². The average Bonchev–Trinajstić information content (AvgIpc) is 3.15. The molecule has 2 unspecified atom stereocenters. The van der Waals surface area contributed by atoms with Crippen LogP contribution in [-0.4, -0.2) is 11.5 Å². The molecule has 0 radical (unpaired) electrons. The number of hydrogen-bond acceptors (Lipinski definition) is 2. The molecule has 2 heteroatoms. The Hall–Kier alpha value is -1.31. The number of fused-ring (bicyclic) bond motifs is 1. The number of anilines is 1. The van der Waals surface area contributed by atoms with Gasteiger partial charge in [0.25, 0.3) is 0 Å². The van der Waals surface area contributed by atoms with Gasteiger partial charge in [0.1, 0.15) is 5.82 Å². The molecule has 1 fully saturated rings. The zero-order valence-electron chi connectivity index (χ0n) is 11.0. The molecule has 1 aromatic heterocycles. The largest absolute Gasteiger partial charge is 0.370 e. The van der Waals surface area contributed by atoms with E-state index in [4.69, 9.17) is 4.98 Å².